The Balaban J connectivity index is 1.60. The Kier molecular flexibility index (Phi) is 7.88. The van der Waals surface area contributed by atoms with Crippen LogP contribution in [0.4, 0.5) is 0 Å². The van der Waals surface area contributed by atoms with Gasteiger partial charge in [-0.25, -0.2) is 4.79 Å². The van der Waals surface area contributed by atoms with Gasteiger partial charge in [0.25, 0.3) is 17.7 Å². The summed E-state index contributed by atoms with van der Waals surface area (Å²) in [5, 5.41) is 26.2. The van der Waals surface area contributed by atoms with Crippen LogP contribution < -0.4 is 16.0 Å². The second-order valence-corrected chi connectivity index (χ2v) is 7.54. The minimum absolute atomic E-state index is 0.0430. The Morgan fingerprint density at radius 1 is 0.941 bits per heavy atom. The predicted octanol–water partition coefficient (Wildman–Crippen LogP) is 2.18. The van der Waals surface area contributed by atoms with E-state index in [0.717, 1.165) is 0 Å². The highest BCUT2D eigenvalue weighted by Crippen LogP contribution is 2.19. The quantitative estimate of drug-likeness (QED) is 0.310. The van der Waals surface area contributed by atoms with E-state index in [4.69, 9.17) is 16.0 Å². The summed E-state index contributed by atoms with van der Waals surface area (Å²) in [6, 6.07) is 10.3. The van der Waals surface area contributed by atoms with Crippen LogP contribution in [0.2, 0.25) is 5.02 Å². The summed E-state index contributed by atoms with van der Waals surface area (Å²) in [6.45, 7) is -0.212. The van der Waals surface area contributed by atoms with Gasteiger partial charge < -0.3 is 30.6 Å². The minimum Gasteiger partial charge on any atom is -0.508 e. The van der Waals surface area contributed by atoms with E-state index in [0.29, 0.717) is 5.56 Å². The molecule has 10 nitrogen and oxygen atoms in total. The largest absolute Gasteiger partial charge is 0.508 e. The minimum atomic E-state index is -1.43. The molecule has 0 saturated carbocycles. The highest BCUT2D eigenvalue weighted by molar-refractivity contribution is 6.34. The zero-order chi connectivity index (χ0) is 24.7. The molecule has 1 atom stereocenters. The molecule has 0 aliphatic carbocycles. The topological polar surface area (TPSA) is 158 Å². The lowest BCUT2D eigenvalue weighted by molar-refractivity contribution is -0.139. The molecule has 0 bridgehead atoms. The van der Waals surface area contributed by atoms with E-state index in [2.05, 4.69) is 16.0 Å². The first-order valence-corrected chi connectivity index (χ1v) is 10.3. The first-order valence-electron chi connectivity index (χ1n) is 9.94. The average molecular weight is 486 g/mol. The number of phenolic OH excluding ortho intramolecular Hbond substituents is 1. The number of hydrogen-bond acceptors (Lipinski definition) is 6. The maximum Gasteiger partial charge on any atom is 0.328 e. The number of nitrogens with one attached hydrogen (secondary N) is 3. The molecule has 2 aromatic carbocycles. The van der Waals surface area contributed by atoms with Crippen LogP contribution in [-0.4, -0.2) is 46.5 Å². The normalized spacial score (nSPS) is 11.3. The molecule has 0 radical (unpaired) electrons. The van der Waals surface area contributed by atoms with Crippen molar-refractivity contribution in [3.8, 4) is 5.75 Å². The van der Waals surface area contributed by atoms with E-state index >= 15 is 0 Å². The van der Waals surface area contributed by atoms with Crippen LogP contribution >= 0.6 is 11.6 Å². The predicted molar refractivity (Wildman–Crippen MR) is 121 cm³/mol. The van der Waals surface area contributed by atoms with Gasteiger partial charge in [-0.1, -0.05) is 23.7 Å². The van der Waals surface area contributed by atoms with E-state index in [-0.39, 0.29) is 40.6 Å². The van der Waals surface area contributed by atoms with Gasteiger partial charge in [0, 0.05) is 18.7 Å². The smallest absolute Gasteiger partial charge is 0.328 e. The number of rotatable bonds is 9. The molecule has 3 amide bonds. The van der Waals surface area contributed by atoms with Crippen LogP contribution in [0.25, 0.3) is 0 Å². The molecule has 1 aromatic heterocycles. The van der Waals surface area contributed by atoms with Crippen LogP contribution in [0.3, 0.4) is 0 Å². The number of carbonyl (C=O) groups is 4. The van der Waals surface area contributed by atoms with Gasteiger partial charge in [-0.2, -0.15) is 0 Å². The number of phenols is 1. The van der Waals surface area contributed by atoms with Gasteiger partial charge in [0.1, 0.15) is 18.1 Å². The number of aromatic hydroxyl groups is 1. The number of aliphatic carboxylic acids is 1. The molecule has 1 heterocycles. The molecule has 0 fully saturated rings. The summed E-state index contributed by atoms with van der Waals surface area (Å²) in [4.78, 5) is 48.4. The number of carboxylic acids is 1. The Bertz CT molecular complexity index is 1210. The first kappa shape index (κ1) is 24.3. The average Bonchev–Trinajstić information content (AvgIpc) is 3.34. The van der Waals surface area contributed by atoms with E-state index in [9.17, 15) is 29.4 Å². The van der Waals surface area contributed by atoms with Crippen molar-refractivity contribution in [1.29, 1.82) is 0 Å². The van der Waals surface area contributed by atoms with Crippen LogP contribution in [-0.2, 0) is 11.3 Å². The molecular weight excluding hydrogens is 466 g/mol. The fraction of sp³-hybridized carbons (Fsp3) is 0.130. The number of carboxylic acid groups (broad SMARTS) is 1. The van der Waals surface area contributed by atoms with Crippen LogP contribution in [0.1, 0.15) is 36.6 Å². The summed E-state index contributed by atoms with van der Waals surface area (Å²) < 4.78 is 4.79. The van der Waals surface area contributed by atoms with Crippen molar-refractivity contribution in [3.05, 3.63) is 88.3 Å². The van der Waals surface area contributed by atoms with Gasteiger partial charge in [-0.05, 0) is 42.0 Å². The van der Waals surface area contributed by atoms with E-state index in [1.807, 2.05) is 0 Å². The van der Waals surface area contributed by atoms with Gasteiger partial charge in [0.15, 0.2) is 0 Å². The summed E-state index contributed by atoms with van der Waals surface area (Å²) in [6.07, 6.45) is 2.49. The fourth-order valence-electron chi connectivity index (χ4n) is 2.92. The maximum absolute atomic E-state index is 12.6. The van der Waals surface area contributed by atoms with E-state index in [1.165, 1.54) is 48.9 Å². The molecule has 0 aliphatic rings. The van der Waals surface area contributed by atoms with E-state index in [1.54, 1.807) is 12.1 Å². The molecule has 5 N–H and O–H groups in total. The number of carbonyl (C=O) groups excluding carboxylic acids is 3. The van der Waals surface area contributed by atoms with Crippen molar-refractivity contribution in [2.75, 3.05) is 6.54 Å². The number of amides is 3. The van der Waals surface area contributed by atoms with Crippen molar-refractivity contribution in [2.24, 2.45) is 0 Å². The number of benzene rings is 2. The third-order valence-corrected chi connectivity index (χ3v) is 5.01. The van der Waals surface area contributed by atoms with Crippen LogP contribution in [0, 0.1) is 0 Å². The van der Waals surface area contributed by atoms with Crippen molar-refractivity contribution in [1.82, 2.24) is 16.0 Å². The third-order valence-electron chi connectivity index (χ3n) is 4.69. The van der Waals surface area contributed by atoms with E-state index < -0.39 is 29.7 Å². The van der Waals surface area contributed by atoms with Crippen molar-refractivity contribution < 1.29 is 33.8 Å². The number of furan rings is 1. The van der Waals surface area contributed by atoms with Gasteiger partial charge >= 0.3 is 5.97 Å². The lowest BCUT2D eigenvalue weighted by atomic mass is 10.1. The molecular formula is C23H20ClN3O7. The van der Waals surface area contributed by atoms with Gasteiger partial charge in [-0.3, -0.25) is 14.4 Å². The molecule has 176 valence electrons. The first-order chi connectivity index (χ1) is 16.2. The Labute approximate surface area is 198 Å². The van der Waals surface area contributed by atoms with Crippen molar-refractivity contribution in [2.45, 2.75) is 12.6 Å². The SMILES string of the molecule is O=C(NCc1cccc(O)c1)c1ccc(C(=O)NC(CNC(=O)c2ccoc2)C(=O)O)c(Cl)c1. The molecule has 1 unspecified atom stereocenters. The van der Waals surface area contributed by atoms with Crippen LogP contribution in [0.5, 0.6) is 5.75 Å². The highest BCUT2D eigenvalue weighted by atomic mass is 35.5. The monoisotopic (exact) mass is 485 g/mol. The van der Waals surface area contributed by atoms with Crippen molar-refractivity contribution >= 4 is 35.3 Å². The van der Waals surface area contributed by atoms with Crippen LogP contribution in [0.15, 0.2) is 65.5 Å². The summed E-state index contributed by atoms with van der Waals surface area (Å²) in [7, 11) is 0. The fourth-order valence-corrected chi connectivity index (χ4v) is 3.18. The van der Waals surface area contributed by atoms with Gasteiger partial charge in [0.05, 0.1) is 22.4 Å². The zero-order valence-corrected chi connectivity index (χ0v) is 18.3. The maximum atomic E-state index is 12.6. The zero-order valence-electron chi connectivity index (χ0n) is 17.6. The number of halogens is 1. The molecule has 0 spiro atoms. The highest BCUT2D eigenvalue weighted by Gasteiger charge is 2.23. The molecule has 0 aliphatic heterocycles. The molecule has 3 rings (SSSR count). The second-order valence-electron chi connectivity index (χ2n) is 7.13. The Hall–Kier alpha value is -4.31. The molecule has 0 saturated heterocycles. The van der Waals surface area contributed by atoms with Crippen molar-refractivity contribution in [3.63, 3.8) is 0 Å². The molecule has 3 aromatic rings. The third kappa shape index (κ3) is 6.36. The summed E-state index contributed by atoms with van der Waals surface area (Å²) in [5.41, 5.74) is 1.04. The second kappa shape index (κ2) is 11.0. The Morgan fingerprint density at radius 3 is 2.35 bits per heavy atom. The summed E-state index contributed by atoms with van der Waals surface area (Å²) in [5.74, 6) is -3.09. The lowest BCUT2D eigenvalue weighted by Gasteiger charge is -2.16. The molecule has 11 heteroatoms. The summed E-state index contributed by atoms with van der Waals surface area (Å²) >= 11 is 6.16. The lowest BCUT2D eigenvalue weighted by Crippen LogP contribution is -2.48. The van der Waals surface area contributed by atoms with Gasteiger partial charge in [0.2, 0.25) is 0 Å². The Morgan fingerprint density at radius 2 is 1.71 bits per heavy atom. The van der Waals surface area contributed by atoms with Gasteiger partial charge in [-0.15, -0.1) is 0 Å². The standard InChI is InChI=1S/C23H20ClN3O7/c24-18-9-14(20(29)25-10-13-2-1-3-16(28)8-13)4-5-17(18)22(31)27-19(23(32)33)11-26-21(30)15-6-7-34-12-15/h1-9,12,19,28H,10-11H2,(H,25,29)(H,26,30)(H,27,31)(H,32,33). The number of hydrogen-bond donors (Lipinski definition) is 5. The molecule has 34 heavy (non-hydrogen) atoms.